The van der Waals surface area contributed by atoms with Gasteiger partial charge in [-0.3, -0.25) is 19.4 Å². The molecule has 1 aliphatic carbocycles. The van der Waals surface area contributed by atoms with Crippen molar-refractivity contribution in [1.29, 1.82) is 10.7 Å². The lowest BCUT2D eigenvalue weighted by atomic mass is 9.86. The number of rotatable bonds is 10. The zero-order chi connectivity index (χ0) is 30.3. The van der Waals surface area contributed by atoms with E-state index in [2.05, 4.69) is 10.3 Å². The highest BCUT2D eigenvalue weighted by atomic mass is 35.5. The topological polar surface area (TPSA) is 147 Å². The maximum absolute atomic E-state index is 14.3. The van der Waals surface area contributed by atoms with Crippen molar-refractivity contribution >= 4 is 47.1 Å². The number of benzene rings is 1. The number of pyridine rings is 1. The number of hydrogen-bond donors (Lipinski definition) is 3. The van der Waals surface area contributed by atoms with Gasteiger partial charge < -0.3 is 20.7 Å². The minimum absolute atomic E-state index is 0.104. The summed E-state index contributed by atoms with van der Waals surface area (Å²) in [5.74, 6) is -3.81. The smallest absolute Gasteiger partial charge is 0.431 e. The van der Waals surface area contributed by atoms with Gasteiger partial charge in [-0.25, -0.2) is 0 Å². The lowest BCUT2D eigenvalue weighted by Crippen LogP contribution is -2.43. The fraction of sp³-hybridized carbons (Fsp3) is 0.333. The summed E-state index contributed by atoms with van der Waals surface area (Å²) in [7, 11) is 0. The van der Waals surface area contributed by atoms with Crippen molar-refractivity contribution < 1.29 is 32.7 Å². The van der Waals surface area contributed by atoms with E-state index in [1.165, 1.54) is 12.1 Å². The minimum Gasteiger partial charge on any atom is -0.481 e. The highest BCUT2D eigenvalue weighted by Gasteiger charge is 2.41. The predicted molar refractivity (Wildman–Crippen MR) is 144 cm³/mol. The van der Waals surface area contributed by atoms with Gasteiger partial charge in [-0.15, -0.1) is 0 Å². The Morgan fingerprint density at radius 2 is 1.76 bits per heavy atom. The Balaban J connectivity index is 2.03. The molecular formula is C27H24Cl2F3N5O4. The molecule has 0 atom stereocenters. The van der Waals surface area contributed by atoms with Crippen LogP contribution in [0.15, 0.2) is 47.9 Å². The third-order valence-corrected chi connectivity index (χ3v) is 7.18. The summed E-state index contributed by atoms with van der Waals surface area (Å²) in [4.78, 5) is 42.7. The van der Waals surface area contributed by atoms with Gasteiger partial charge in [-0.05, 0) is 37.3 Å². The molecule has 1 fully saturated rings. The lowest BCUT2D eigenvalue weighted by molar-refractivity contribution is -0.143. The minimum atomic E-state index is -5.09. The van der Waals surface area contributed by atoms with Crippen LogP contribution in [0.25, 0.3) is 0 Å². The number of carboxylic acid groups (broad SMARTS) is 1. The van der Waals surface area contributed by atoms with Crippen molar-refractivity contribution in [3.8, 4) is 6.07 Å². The molecule has 1 saturated carbocycles. The van der Waals surface area contributed by atoms with E-state index in [4.69, 9.17) is 28.6 Å². The third-order valence-electron chi connectivity index (χ3n) is 6.61. The number of aromatic nitrogens is 1. The molecule has 0 saturated heterocycles. The average Bonchev–Trinajstić information content (AvgIpc) is 2.92. The van der Waals surface area contributed by atoms with Crippen molar-refractivity contribution in [2.45, 2.75) is 44.4 Å². The quantitative estimate of drug-likeness (QED) is 0.191. The van der Waals surface area contributed by atoms with Crippen molar-refractivity contribution in [1.82, 2.24) is 15.2 Å². The van der Waals surface area contributed by atoms with Gasteiger partial charge in [0.05, 0.1) is 45.3 Å². The molecule has 0 aliphatic heterocycles. The van der Waals surface area contributed by atoms with Crippen molar-refractivity contribution in [3.05, 3.63) is 74.7 Å². The number of nitriles is 1. The van der Waals surface area contributed by atoms with Crippen LogP contribution in [0.3, 0.4) is 0 Å². The molecule has 0 spiro atoms. The van der Waals surface area contributed by atoms with Crippen LogP contribution in [0.4, 0.5) is 13.2 Å². The van der Waals surface area contributed by atoms with Crippen LogP contribution in [0.5, 0.6) is 0 Å². The summed E-state index contributed by atoms with van der Waals surface area (Å²) in [6.07, 6.45) is -2.06. The number of Topliss-reactive ketones (excluding diaryl/α,β-unsaturated/α-hetero) is 1. The van der Waals surface area contributed by atoms with E-state index in [0.29, 0.717) is 0 Å². The molecule has 216 valence electrons. The molecule has 0 radical (unpaired) electrons. The Hall–Kier alpha value is -3.95. The molecule has 1 heterocycles. The van der Waals surface area contributed by atoms with E-state index in [0.717, 1.165) is 17.3 Å². The van der Waals surface area contributed by atoms with E-state index < -0.39 is 60.2 Å². The number of carbonyl (C=O) groups is 3. The van der Waals surface area contributed by atoms with Crippen LogP contribution in [0.2, 0.25) is 10.0 Å². The normalized spacial score (nSPS) is 17.6. The van der Waals surface area contributed by atoms with Gasteiger partial charge >= 0.3 is 12.1 Å². The number of carbonyl (C=O) groups excluding carboxylic acids is 2. The molecule has 9 nitrogen and oxygen atoms in total. The molecule has 3 N–H and O–H groups in total. The number of carboxylic acids is 1. The number of nitrogens with zero attached hydrogens (tertiary/aromatic N) is 3. The number of halogens is 5. The number of hydrogen-bond acceptors (Lipinski definition) is 7. The highest BCUT2D eigenvalue weighted by Crippen LogP contribution is 2.31. The number of allylic oxidation sites excluding steroid dienone is 1. The Morgan fingerprint density at radius 3 is 2.29 bits per heavy atom. The molecule has 41 heavy (non-hydrogen) atoms. The van der Waals surface area contributed by atoms with Gasteiger partial charge in [0, 0.05) is 31.2 Å². The van der Waals surface area contributed by atoms with Crippen molar-refractivity contribution in [3.63, 3.8) is 0 Å². The first-order chi connectivity index (χ1) is 19.4. The van der Waals surface area contributed by atoms with Crippen LogP contribution in [-0.2, 0) is 16.1 Å². The Bertz CT molecular complexity index is 1400. The van der Waals surface area contributed by atoms with Gasteiger partial charge in [-0.1, -0.05) is 41.4 Å². The predicted octanol–water partition coefficient (Wildman–Crippen LogP) is 5.17. The van der Waals surface area contributed by atoms with Gasteiger partial charge in [0.1, 0.15) is 5.70 Å². The van der Waals surface area contributed by atoms with Crippen molar-refractivity contribution in [2.75, 3.05) is 6.54 Å². The second-order valence-corrected chi connectivity index (χ2v) is 10.1. The summed E-state index contributed by atoms with van der Waals surface area (Å²) < 4.78 is 42.8. The van der Waals surface area contributed by atoms with Crippen LogP contribution < -0.4 is 5.32 Å². The van der Waals surface area contributed by atoms with E-state index in [9.17, 15) is 37.9 Å². The maximum atomic E-state index is 14.3. The lowest BCUT2D eigenvalue weighted by Gasteiger charge is -2.30. The molecule has 1 aromatic heterocycles. The summed E-state index contributed by atoms with van der Waals surface area (Å²) in [6.45, 7) is -1.23. The average molecular weight is 610 g/mol. The first-order valence-electron chi connectivity index (χ1n) is 12.3. The molecule has 14 heteroatoms. The Kier molecular flexibility index (Phi) is 10.5. The molecule has 1 aliphatic rings. The standard InChI is InChI=1S/C27H24Cl2F3N5O4/c28-20-11-35-12-21(29)23(20)22(38)14-37(13-17-4-2-1-3-16(17)9-33)25(39)19(10-34)24(27(30,31)32)36-18-7-5-15(6-8-18)26(40)41/h1-4,10-12,15,18,34,36H,5-8,13-14H2,(H,40,41)/b24-19+,34-10?/t15-,18-. The zero-order valence-electron chi connectivity index (χ0n) is 21.3. The van der Waals surface area contributed by atoms with Gasteiger partial charge in [0.2, 0.25) is 0 Å². The van der Waals surface area contributed by atoms with Crippen molar-refractivity contribution in [2.24, 2.45) is 5.92 Å². The first kappa shape index (κ1) is 31.6. The van der Waals surface area contributed by atoms with Crippen LogP contribution >= 0.6 is 23.2 Å². The summed E-state index contributed by atoms with van der Waals surface area (Å²) in [6, 6.07) is 7.18. The van der Waals surface area contributed by atoms with E-state index >= 15 is 0 Å². The number of amides is 1. The van der Waals surface area contributed by atoms with E-state index in [1.807, 2.05) is 6.07 Å². The number of alkyl halides is 3. The van der Waals surface area contributed by atoms with Crippen LogP contribution in [0, 0.1) is 22.7 Å². The van der Waals surface area contributed by atoms with Gasteiger partial charge in [0.25, 0.3) is 5.91 Å². The fourth-order valence-electron chi connectivity index (χ4n) is 4.51. The molecule has 3 rings (SSSR count). The van der Waals surface area contributed by atoms with E-state index in [-0.39, 0.29) is 58.6 Å². The molecule has 2 aromatic rings. The fourth-order valence-corrected chi connectivity index (χ4v) is 5.09. The molecule has 0 unspecified atom stereocenters. The Labute approximate surface area is 243 Å². The van der Waals surface area contributed by atoms with Gasteiger partial charge in [0.15, 0.2) is 5.78 Å². The summed E-state index contributed by atoms with van der Waals surface area (Å²) >= 11 is 12.2. The monoisotopic (exact) mass is 609 g/mol. The third kappa shape index (κ3) is 7.83. The Morgan fingerprint density at radius 1 is 1.15 bits per heavy atom. The maximum Gasteiger partial charge on any atom is 0.431 e. The van der Waals surface area contributed by atoms with Crippen LogP contribution in [-0.4, -0.2) is 57.6 Å². The SMILES string of the molecule is N#Cc1ccccc1CN(CC(=O)c1c(Cl)cncc1Cl)C(=O)/C(C=N)=C(/N[C@H]1CC[C@H](C(=O)O)CC1)C(F)(F)F. The van der Waals surface area contributed by atoms with E-state index in [1.54, 1.807) is 12.1 Å². The number of aliphatic carboxylic acids is 1. The second-order valence-electron chi connectivity index (χ2n) is 9.29. The zero-order valence-corrected chi connectivity index (χ0v) is 22.9. The molecular weight excluding hydrogens is 586 g/mol. The number of ketones is 1. The first-order valence-corrected chi connectivity index (χ1v) is 13.0. The number of nitrogens with one attached hydrogen (secondary N) is 2. The molecule has 0 bridgehead atoms. The summed E-state index contributed by atoms with van der Waals surface area (Å²) in [5.41, 5.74) is -2.36. The highest BCUT2D eigenvalue weighted by molar-refractivity contribution is 6.39. The molecule has 1 aromatic carbocycles. The van der Waals surface area contributed by atoms with Crippen LogP contribution in [0.1, 0.15) is 47.2 Å². The summed E-state index contributed by atoms with van der Waals surface area (Å²) in [5, 5.41) is 28.4. The van der Waals surface area contributed by atoms with Gasteiger partial charge in [-0.2, -0.15) is 18.4 Å². The second kappa shape index (κ2) is 13.6. The molecule has 1 amide bonds. The largest absolute Gasteiger partial charge is 0.481 e.